The molecule has 0 saturated heterocycles. The first kappa shape index (κ1) is 11.4. The SMILES string of the molecule is O=C(Nc1cccc(F)n1)c1ccc2[nH]ccc2c1. The summed E-state index contributed by atoms with van der Waals surface area (Å²) in [6.45, 7) is 0. The maximum absolute atomic E-state index is 12.9. The molecule has 19 heavy (non-hydrogen) atoms. The summed E-state index contributed by atoms with van der Waals surface area (Å²) in [5.41, 5.74) is 1.46. The van der Waals surface area contributed by atoms with Crippen LogP contribution in [0.25, 0.3) is 10.9 Å². The predicted octanol–water partition coefficient (Wildman–Crippen LogP) is 2.95. The summed E-state index contributed by atoms with van der Waals surface area (Å²) in [5.74, 6) is -0.751. The van der Waals surface area contributed by atoms with Gasteiger partial charge in [0.25, 0.3) is 5.91 Å². The van der Waals surface area contributed by atoms with E-state index in [2.05, 4.69) is 15.3 Å². The molecule has 0 aliphatic rings. The number of nitrogens with one attached hydrogen (secondary N) is 2. The quantitative estimate of drug-likeness (QED) is 0.692. The highest BCUT2D eigenvalue weighted by molar-refractivity contribution is 6.05. The van der Waals surface area contributed by atoms with Gasteiger partial charge in [-0.25, -0.2) is 4.98 Å². The average Bonchev–Trinajstić information content (AvgIpc) is 2.85. The molecule has 4 nitrogen and oxygen atoms in total. The van der Waals surface area contributed by atoms with Crippen molar-refractivity contribution in [1.82, 2.24) is 9.97 Å². The van der Waals surface area contributed by atoms with Gasteiger partial charge in [0.15, 0.2) is 0 Å². The van der Waals surface area contributed by atoms with Gasteiger partial charge in [0.2, 0.25) is 5.95 Å². The topological polar surface area (TPSA) is 57.8 Å². The molecule has 0 aliphatic heterocycles. The smallest absolute Gasteiger partial charge is 0.256 e. The number of rotatable bonds is 2. The van der Waals surface area contributed by atoms with Crippen LogP contribution in [0.2, 0.25) is 0 Å². The number of aromatic amines is 1. The second-order valence-corrected chi connectivity index (χ2v) is 4.08. The molecule has 0 aliphatic carbocycles. The van der Waals surface area contributed by atoms with Crippen LogP contribution in [0.4, 0.5) is 10.2 Å². The van der Waals surface area contributed by atoms with Crippen molar-refractivity contribution in [3.63, 3.8) is 0 Å². The van der Waals surface area contributed by atoms with Crippen molar-refractivity contribution in [2.75, 3.05) is 5.32 Å². The van der Waals surface area contributed by atoms with Crippen LogP contribution in [0.5, 0.6) is 0 Å². The number of hydrogen-bond acceptors (Lipinski definition) is 2. The molecule has 0 radical (unpaired) electrons. The Morgan fingerprint density at radius 1 is 1.21 bits per heavy atom. The third kappa shape index (κ3) is 2.30. The maximum atomic E-state index is 12.9. The molecule has 0 bridgehead atoms. The van der Waals surface area contributed by atoms with Crippen molar-refractivity contribution in [3.05, 3.63) is 60.2 Å². The van der Waals surface area contributed by atoms with Crippen LogP contribution in [0.15, 0.2) is 48.7 Å². The summed E-state index contributed by atoms with van der Waals surface area (Å²) in [5, 5.41) is 3.50. The monoisotopic (exact) mass is 255 g/mol. The lowest BCUT2D eigenvalue weighted by Crippen LogP contribution is -2.13. The Labute approximate surface area is 108 Å². The Morgan fingerprint density at radius 3 is 2.95 bits per heavy atom. The first-order valence-electron chi connectivity index (χ1n) is 5.73. The summed E-state index contributed by atoms with van der Waals surface area (Å²) in [4.78, 5) is 18.6. The van der Waals surface area contributed by atoms with E-state index >= 15 is 0 Å². The minimum absolute atomic E-state index is 0.194. The fraction of sp³-hybridized carbons (Fsp3) is 0. The zero-order valence-electron chi connectivity index (χ0n) is 9.85. The first-order valence-corrected chi connectivity index (χ1v) is 5.73. The number of carbonyl (C=O) groups is 1. The van der Waals surface area contributed by atoms with E-state index in [0.29, 0.717) is 5.56 Å². The molecule has 5 heteroatoms. The van der Waals surface area contributed by atoms with E-state index in [9.17, 15) is 9.18 Å². The Balaban J connectivity index is 1.87. The number of nitrogens with zero attached hydrogens (tertiary/aromatic N) is 1. The van der Waals surface area contributed by atoms with E-state index < -0.39 is 5.95 Å². The molecule has 0 unspecified atom stereocenters. The zero-order valence-corrected chi connectivity index (χ0v) is 9.85. The number of benzene rings is 1. The average molecular weight is 255 g/mol. The van der Waals surface area contributed by atoms with E-state index in [0.717, 1.165) is 10.9 Å². The molecule has 2 N–H and O–H groups in total. The van der Waals surface area contributed by atoms with Gasteiger partial charge < -0.3 is 10.3 Å². The van der Waals surface area contributed by atoms with Crippen LogP contribution < -0.4 is 5.32 Å². The lowest BCUT2D eigenvalue weighted by atomic mass is 10.1. The first-order chi connectivity index (χ1) is 9.22. The van der Waals surface area contributed by atoms with Crippen molar-refractivity contribution >= 4 is 22.6 Å². The number of halogens is 1. The van der Waals surface area contributed by atoms with Gasteiger partial charge in [-0.2, -0.15) is 4.39 Å². The molecule has 0 atom stereocenters. The minimum atomic E-state index is -0.626. The van der Waals surface area contributed by atoms with Crippen LogP contribution in [0.1, 0.15) is 10.4 Å². The highest BCUT2D eigenvalue weighted by atomic mass is 19.1. The Morgan fingerprint density at radius 2 is 2.11 bits per heavy atom. The largest absolute Gasteiger partial charge is 0.361 e. The second-order valence-electron chi connectivity index (χ2n) is 4.08. The third-order valence-electron chi connectivity index (χ3n) is 2.77. The molecule has 0 fully saturated rings. The summed E-state index contributed by atoms with van der Waals surface area (Å²) in [6, 6.07) is 11.4. The second kappa shape index (κ2) is 4.53. The van der Waals surface area contributed by atoms with Gasteiger partial charge in [-0.15, -0.1) is 0 Å². The van der Waals surface area contributed by atoms with E-state index in [1.165, 1.54) is 18.2 Å². The fourth-order valence-corrected chi connectivity index (χ4v) is 1.86. The van der Waals surface area contributed by atoms with Gasteiger partial charge in [-0.3, -0.25) is 4.79 Å². The summed E-state index contributed by atoms with van der Waals surface area (Å²) < 4.78 is 12.9. The fourth-order valence-electron chi connectivity index (χ4n) is 1.86. The molecule has 2 aromatic heterocycles. The number of aromatic nitrogens is 2. The number of fused-ring (bicyclic) bond motifs is 1. The molecule has 1 amide bonds. The third-order valence-corrected chi connectivity index (χ3v) is 2.77. The van der Waals surface area contributed by atoms with Gasteiger partial charge in [-0.05, 0) is 36.4 Å². The number of pyridine rings is 1. The maximum Gasteiger partial charge on any atom is 0.256 e. The summed E-state index contributed by atoms with van der Waals surface area (Å²) >= 11 is 0. The number of amides is 1. The molecule has 0 saturated carbocycles. The van der Waals surface area contributed by atoms with Crippen LogP contribution in [0, 0.1) is 5.95 Å². The molecule has 0 spiro atoms. The Hall–Kier alpha value is -2.69. The summed E-state index contributed by atoms with van der Waals surface area (Å²) in [6.07, 6.45) is 1.81. The van der Waals surface area contributed by atoms with Crippen LogP contribution >= 0.6 is 0 Å². The van der Waals surface area contributed by atoms with Crippen molar-refractivity contribution in [2.24, 2.45) is 0 Å². The molecule has 94 valence electrons. The Bertz CT molecular complexity index is 751. The van der Waals surface area contributed by atoms with E-state index in [4.69, 9.17) is 0 Å². The van der Waals surface area contributed by atoms with E-state index in [1.54, 1.807) is 18.3 Å². The lowest BCUT2D eigenvalue weighted by molar-refractivity contribution is 0.102. The molecule has 2 heterocycles. The zero-order chi connectivity index (χ0) is 13.2. The highest BCUT2D eigenvalue weighted by Gasteiger charge is 2.08. The van der Waals surface area contributed by atoms with Gasteiger partial charge in [0.1, 0.15) is 5.82 Å². The molecule has 1 aromatic carbocycles. The van der Waals surface area contributed by atoms with Gasteiger partial charge >= 0.3 is 0 Å². The molecular weight excluding hydrogens is 245 g/mol. The van der Waals surface area contributed by atoms with Crippen molar-refractivity contribution in [2.45, 2.75) is 0 Å². The standard InChI is InChI=1S/C14H10FN3O/c15-12-2-1-3-13(17-12)18-14(19)10-4-5-11-9(8-10)6-7-16-11/h1-8,16H,(H,17,18,19). The number of carbonyl (C=O) groups excluding carboxylic acids is 1. The Kier molecular flexibility index (Phi) is 2.72. The number of anilines is 1. The number of hydrogen-bond donors (Lipinski definition) is 2. The van der Waals surface area contributed by atoms with Gasteiger partial charge in [-0.1, -0.05) is 6.07 Å². The molecule has 3 aromatic rings. The molecule has 3 rings (SSSR count). The number of H-pyrrole nitrogens is 1. The van der Waals surface area contributed by atoms with Crippen molar-refractivity contribution in [1.29, 1.82) is 0 Å². The van der Waals surface area contributed by atoms with Crippen molar-refractivity contribution in [3.8, 4) is 0 Å². The van der Waals surface area contributed by atoms with Gasteiger partial charge in [0.05, 0.1) is 0 Å². The summed E-state index contributed by atoms with van der Waals surface area (Å²) in [7, 11) is 0. The van der Waals surface area contributed by atoms with Gasteiger partial charge in [0, 0.05) is 22.7 Å². The van der Waals surface area contributed by atoms with E-state index in [1.807, 2.05) is 12.1 Å². The highest BCUT2D eigenvalue weighted by Crippen LogP contribution is 2.15. The van der Waals surface area contributed by atoms with Crippen LogP contribution in [-0.2, 0) is 0 Å². The normalized spacial score (nSPS) is 10.6. The molecular formula is C14H10FN3O. The van der Waals surface area contributed by atoms with Crippen LogP contribution in [0.3, 0.4) is 0 Å². The van der Waals surface area contributed by atoms with E-state index in [-0.39, 0.29) is 11.7 Å². The van der Waals surface area contributed by atoms with Crippen molar-refractivity contribution < 1.29 is 9.18 Å². The predicted molar refractivity (Wildman–Crippen MR) is 70.4 cm³/mol. The minimum Gasteiger partial charge on any atom is -0.361 e. The lowest BCUT2D eigenvalue weighted by Gasteiger charge is -2.04. The van der Waals surface area contributed by atoms with Crippen LogP contribution in [-0.4, -0.2) is 15.9 Å².